The standard InChI is InChI=1S/C16H19N3O5S/c1-5-13-17-16(19-18-13)25-12(15(20)21)8-9-6-10(22-2)14(24-4)11(7-9)23-3/h6-8H,5H2,1-4H3,(H,20,21)(H,17,18,19)/b12-8-. The summed E-state index contributed by atoms with van der Waals surface area (Å²) in [7, 11) is 4.50. The number of benzene rings is 1. The van der Waals surface area contributed by atoms with E-state index in [4.69, 9.17) is 14.2 Å². The molecule has 2 N–H and O–H groups in total. The van der Waals surface area contributed by atoms with E-state index in [1.54, 1.807) is 12.1 Å². The Morgan fingerprint density at radius 2 is 1.88 bits per heavy atom. The van der Waals surface area contributed by atoms with Gasteiger partial charge in [0.1, 0.15) is 10.7 Å². The molecule has 8 nitrogen and oxygen atoms in total. The number of aromatic amines is 1. The van der Waals surface area contributed by atoms with Crippen molar-refractivity contribution in [3.05, 3.63) is 28.4 Å². The molecule has 9 heteroatoms. The Kier molecular flexibility index (Phi) is 6.29. The molecule has 0 saturated carbocycles. The van der Waals surface area contributed by atoms with Crippen molar-refractivity contribution >= 4 is 23.8 Å². The molecule has 0 bridgehead atoms. The molecule has 0 saturated heterocycles. The lowest BCUT2D eigenvalue weighted by atomic mass is 10.1. The average molecular weight is 365 g/mol. The molecule has 0 aliphatic heterocycles. The zero-order chi connectivity index (χ0) is 18.4. The van der Waals surface area contributed by atoms with Gasteiger partial charge in [0.25, 0.3) is 0 Å². The number of carboxylic acid groups (broad SMARTS) is 1. The Morgan fingerprint density at radius 3 is 2.32 bits per heavy atom. The van der Waals surface area contributed by atoms with Crippen LogP contribution in [0.4, 0.5) is 0 Å². The van der Waals surface area contributed by atoms with Crippen molar-refractivity contribution in [3.8, 4) is 17.2 Å². The van der Waals surface area contributed by atoms with Gasteiger partial charge in [0.15, 0.2) is 11.5 Å². The summed E-state index contributed by atoms with van der Waals surface area (Å²) < 4.78 is 15.8. The van der Waals surface area contributed by atoms with E-state index in [-0.39, 0.29) is 4.91 Å². The maximum Gasteiger partial charge on any atom is 0.342 e. The highest BCUT2D eigenvalue weighted by atomic mass is 32.2. The molecule has 1 aromatic carbocycles. The highest BCUT2D eigenvalue weighted by Crippen LogP contribution is 2.39. The summed E-state index contributed by atoms with van der Waals surface area (Å²) in [4.78, 5) is 15.9. The molecule has 0 spiro atoms. The normalized spacial score (nSPS) is 11.3. The molecule has 0 atom stereocenters. The number of aromatic nitrogens is 3. The van der Waals surface area contributed by atoms with E-state index in [1.165, 1.54) is 27.4 Å². The van der Waals surface area contributed by atoms with Crippen LogP contribution in [-0.4, -0.2) is 47.6 Å². The number of nitrogens with zero attached hydrogens (tertiary/aromatic N) is 2. The SMILES string of the molecule is CCc1nc(S/C(=C\c2cc(OC)c(OC)c(OC)c2)C(=O)O)n[nH]1. The predicted molar refractivity (Wildman–Crippen MR) is 93.3 cm³/mol. The minimum atomic E-state index is -1.08. The van der Waals surface area contributed by atoms with Gasteiger partial charge in [-0.05, 0) is 35.5 Å². The molecule has 1 aromatic heterocycles. The maximum atomic E-state index is 11.6. The lowest BCUT2D eigenvalue weighted by molar-refractivity contribution is -0.131. The number of nitrogens with one attached hydrogen (secondary N) is 1. The first kappa shape index (κ1) is 18.7. The number of ether oxygens (including phenoxy) is 3. The Labute approximate surface area is 149 Å². The molecular weight excluding hydrogens is 346 g/mol. The van der Waals surface area contributed by atoms with Crippen LogP contribution in [0, 0.1) is 0 Å². The number of H-pyrrole nitrogens is 1. The second-order valence-electron chi connectivity index (χ2n) is 4.79. The van der Waals surface area contributed by atoms with E-state index in [1.807, 2.05) is 6.92 Å². The Balaban J connectivity index is 2.40. The van der Waals surface area contributed by atoms with Gasteiger partial charge in [0, 0.05) is 6.42 Å². The number of aryl methyl sites for hydroxylation is 1. The smallest absolute Gasteiger partial charge is 0.342 e. The van der Waals surface area contributed by atoms with E-state index in [2.05, 4.69) is 15.2 Å². The molecule has 1 heterocycles. The van der Waals surface area contributed by atoms with Gasteiger partial charge in [-0.25, -0.2) is 9.78 Å². The largest absolute Gasteiger partial charge is 0.493 e. The van der Waals surface area contributed by atoms with Gasteiger partial charge in [0.05, 0.1) is 21.3 Å². The summed E-state index contributed by atoms with van der Waals surface area (Å²) in [5, 5.41) is 16.6. The van der Waals surface area contributed by atoms with Crippen molar-refractivity contribution in [2.45, 2.75) is 18.5 Å². The van der Waals surface area contributed by atoms with Crippen molar-refractivity contribution in [1.82, 2.24) is 15.2 Å². The first-order chi connectivity index (χ1) is 12.0. The molecule has 0 aliphatic rings. The lowest BCUT2D eigenvalue weighted by Crippen LogP contribution is -1.99. The number of carbonyl (C=O) groups is 1. The molecule has 134 valence electrons. The summed E-state index contributed by atoms with van der Waals surface area (Å²) in [5.74, 6) is 0.929. The number of hydrogen-bond acceptors (Lipinski definition) is 7. The van der Waals surface area contributed by atoms with Gasteiger partial charge in [-0.1, -0.05) is 6.92 Å². The van der Waals surface area contributed by atoms with Crippen LogP contribution in [0.3, 0.4) is 0 Å². The summed E-state index contributed by atoms with van der Waals surface area (Å²) in [6.45, 7) is 1.93. The van der Waals surface area contributed by atoms with Crippen LogP contribution >= 0.6 is 11.8 Å². The van der Waals surface area contributed by atoms with Crippen LogP contribution in [0.5, 0.6) is 17.2 Å². The van der Waals surface area contributed by atoms with Crippen LogP contribution in [0.1, 0.15) is 18.3 Å². The summed E-state index contributed by atoms with van der Waals surface area (Å²) in [6, 6.07) is 3.33. The number of hydrogen-bond donors (Lipinski definition) is 2. The van der Waals surface area contributed by atoms with Crippen molar-refractivity contribution in [2.24, 2.45) is 0 Å². The molecule has 2 rings (SSSR count). The fourth-order valence-corrected chi connectivity index (χ4v) is 2.78. The second-order valence-corrected chi connectivity index (χ2v) is 5.80. The minimum Gasteiger partial charge on any atom is -0.493 e. The minimum absolute atomic E-state index is 0.0657. The maximum absolute atomic E-state index is 11.6. The third kappa shape index (κ3) is 4.44. The van der Waals surface area contributed by atoms with Gasteiger partial charge < -0.3 is 19.3 Å². The van der Waals surface area contributed by atoms with Gasteiger partial charge in [-0.15, -0.1) is 5.10 Å². The average Bonchev–Trinajstić information content (AvgIpc) is 3.07. The number of thioether (sulfide) groups is 1. The topological polar surface area (TPSA) is 107 Å². The number of aliphatic carboxylic acids is 1. The van der Waals surface area contributed by atoms with Gasteiger partial charge in [0.2, 0.25) is 10.9 Å². The lowest BCUT2D eigenvalue weighted by Gasteiger charge is -2.13. The van der Waals surface area contributed by atoms with E-state index < -0.39 is 5.97 Å². The predicted octanol–water partition coefficient (Wildman–Crippen LogP) is 2.61. The van der Waals surface area contributed by atoms with E-state index in [0.717, 1.165) is 11.8 Å². The zero-order valence-corrected chi connectivity index (χ0v) is 15.1. The molecule has 0 radical (unpaired) electrons. The van der Waals surface area contributed by atoms with Crippen molar-refractivity contribution in [3.63, 3.8) is 0 Å². The molecule has 0 aliphatic carbocycles. The molecule has 2 aromatic rings. The van der Waals surface area contributed by atoms with Crippen LogP contribution in [0.2, 0.25) is 0 Å². The molecule has 0 fully saturated rings. The quantitative estimate of drug-likeness (QED) is 0.543. The number of rotatable bonds is 8. The van der Waals surface area contributed by atoms with Crippen LogP contribution in [0.25, 0.3) is 6.08 Å². The Bertz CT molecular complexity index is 763. The third-order valence-electron chi connectivity index (χ3n) is 3.24. The summed E-state index contributed by atoms with van der Waals surface area (Å²) in [6.07, 6.45) is 2.19. The third-order valence-corrected chi connectivity index (χ3v) is 4.12. The van der Waals surface area contributed by atoms with Crippen molar-refractivity contribution in [1.29, 1.82) is 0 Å². The fraction of sp³-hybridized carbons (Fsp3) is 0.312. The van der Waals surface area contributed by atoms with Crippen molar-refractivity contribution in [2.75, 3.05) is 21.3 Å². The van der Waals surface area contributed by atoms with E-state index in [9.17, 15) is 9.90 Å². The number of methoxy groups -OCH3 is 3. The first-order valence-corrected chi connectivity index (χ1v) is 8.18. The number of carboxylic acids is 1. The zero-order valence-electron chi connectivity index (χ0n) is 14.3. The van der Waals surface area contributed by atoms with Gasteiger partial charge in [-0.2, -0.15) is 0 Å². The van der Waals surface area contributed by atoms with Crippen LogP contribution in [0.15, 0.2) is 22.2 Å². The summed E-state index contributed by atoms with van der Waals surface area (Å²) in [5.41, 5.74) is 0.589. The van der Waals surface area contributed by atoms with E-state index >= 15 is 0 Å². The Morgan fingerprint density at radius 1 is 1.24 bits per heavy atom. The first-order valence-electron chi connectivity index (χ1n) is 7.36. The summed E-state index contributed by atoms with van der Waals surface area (Å²) >= 11 is 0.960. The second kappa shape index (κ2) is 8.43. The van der Waals surface area contributed by atoms with Crippen molar-refractivity contribution < 1.29 is 24.1 Å². The monoisotopic (exact) mass is 365 g/mol. The van der Waals surface area contributed by atoms with Crippen LogP contribution in [-0.2, 0) is 11.2 Å². The molecule has 0 amide bonds. The highest BCUT2D eigenvalue weighted by Gasteiger charge is 2.16. The van der Waals surface area contributed by atoms with E-state index in [0.29, 0.717) is 40.2 Å². The highest BCUT2D eigenvalue weighted by molar-refractivity contribution is 8.04. The molecular formula is C16H19N3O5S. The van der Waals surface area contributed by atoms with Gasteiger partial charge in [-0.3, -0.25) is 5.10 Å². The van der Waals surface area contributed by atoms with Crippen LogP contribution < -0.4 is 14.2 Å². The van der Waals surface area contributed by atoms with Gasteiger partial charge >= 0.3 is 5.97 Å². The fourth-order valence-electron chi connectivity index (χ4n) is 2.05. The Hall–Kier alpha value is -2.68. The molecule has 0 unspecified atom stereocenters. The molecule has 25 heavy (non-hydrogen) atoms.